The average molecular weight is 777 g/mol. The van der Waals surface area contributed by atoms with Gasteiger partial charge in [-0.25, -0.2) is 4.79 Å². The number of nitrogens with zero attached hydrogens (tertiary/aromatic N) is 2. The van der Waals surface area contributed by atoms with E-state index in [0.717, 1.165) is 61.3 Å². The lowest BCUT2D eigenvalue weighted by Gasteiger charge is -2.47. The van der Waals surface area contributed by atoms with Gasteiger partial charge in [0.15, 0.2) is 0 Å². The van der Waals surface area contributed by atoms with Gasteiger partial charge in [0, 0.05) is 33.7 Å². The van der Waals surface area contributed by atoms with Crippen molar-refractivity contribution >= 4 is 29.0 Å². The van der Waals surface area contributed by atoms with Crippen molar-refractivity contribution in [3.63, 3.8) is 0 Å². The van der Waals surface area contributed by atoms with E-state index >= 15 is 0 Å². The lowest BCUT2D eigenvalue weighted by atomic mass is 9.59. The van der Waals surface area contributed by atoms with E-state index in [1.54, 1.807) is 25.3 Å². The van der Waals surface area contributed by atoms with Crippen molar-refractivity contribution in [3.05, 3.63) is 124 Å². The molecular formula is C46H53ClN4O5. The van der Waals surface area contributed by atoms with Gasteiger partial charge in [0.1, 0.15) is 29.4 Å². The van der Waals surface area contributed by atoms with Crippen LogP contribution in [0.5, 0.6) is 17.2 Å². The average Bonchev–Trinajstić information content (AvgIpc) is 3.49. The van der Waals surface area contributed by atoms with E-state index in [1.165, 1.54) is 41.4 Å². The molecule has 294 valence electrons. The van der Waals surface area contributed by atoms with Gasteiger partial charge in [0.25, 0.3) is 0 Å². The first-order valence-electron chi connectivity index (χ1n) is 19.9. The van der Waals surface area contributed by atoms with Crippen LogP contribution in [-0.2, 0) is 36.0 Å². The summed E-state index contributed by atoms with van der Waals surface area (Å²) in [4.78, 5) is 22.5. The Balaban J connectivity index is 1.12. The number of aliphatic imine (C=N–C) groups is 1. The normalized spacial score (nSPS) is 22.3. The number of carboxylic acid groups (broad SMARTS) is 1. The van der Waals surface area contributed by atoms with Crippen molar-refractivity contribution in [2.24, 2.45) is 22.6 Å². The largest absolute Gasteiger partial charge is 0.496 e. The van der Waals surface area contributed by atoms with E-state index in [9.17, 15) is 9.90 Å². The third-order valence-corrected chi connectivity index (χ3v) is 12.4. The Bertz CT molecular complexity index is 2070. The van der Waals surface area contributed by atoms with Crippen LogP contribution >= 0.6 is 11.6 Å². The lowest BCUT2D eigenvalue weighted by molar-refractivity contribution is -0.144. The van der Waals surface area contributed by atoms with Gasteiger partial charge >= 0.3 is 5.97 Å². The predicted octanol–water partition coefficient (Wildman–Crippen LogP) is 9.14. The molecule has 56 heavy (non-hydrogen) atoms. The quantitative estimate of drug-likeness (QED) is 0.102. The van der Waals surface area contributed by atoms with E-state index in [0.29, 0.717) is 48.3 Å². The number of carboxylic acids is 1. The first kappa shape index (κ1) is 39.2. The number of aliphatic carboxylic acids is 1. The molecule has 9 nitrogen and oxygen atoms in total. The molecule has 0 radical (unpaired) electrons. The molecule has 1 heterocycles. The smallest absolute Gasteiger partial charge is 0.329 e. The van der Waals surface area contributed by atoms with Crippen LogP contribution in [0.2, 0.25) is 5.02 Å². The maximum absolute atomic E-state index is 13.1. The Hall–Kier alpha value is -5.02. The number of para-hydroxylation sites is 1. The molecule has 1 spiro atoms. The van der Waals surface area contributed by atoms with Crippen LogP contribution in [0, 0.1) is 11.8 Å². The SMILES string of the molecule is COc1ccccc1CN=C(/C=C\N)COc1ccc2c(c1)C1(CCC(Nc3cccc(Cl)c3)(C(=O)O)CC1)C(C[C@@H](C)COc1ccnc3c1CCCC3)C2. The van der Waals surface area contributed by atoms with Crippen LogP contribution in [0.4, 0.5) is 5.69 Å². The highest BCUT2D eigenvalue weighted by Crippen LogP contribution is 2.56. The number of carbonyl (C=O) groups is 1. The highest BCUT2D eigenvalue weighted by Gasteiger charge is 2.54. The van der Waals surface area contributed by atoms with Crippen LogP contribution in [0.1, 0.15) is 79.8 Å². The van der Waals surface area contributed by atoms with Gasteiger partial charge in [-0.1, -0.05) is 48.9 Å². The van der Waals surface area contributed by atoms with Crippen molar-refractivity contribution in [3.8, 4) is 17.2 Å². The summed E-state index contributed by atoms with van der Waals surface area (Å²) in [5.74, 6) is 2.27. The molecule has 4 N–H and O–H groups in total. The van der Waals surface area contributed by atoms with Gasteiger partial charge in [-0.15, -0.1) is 0 Å². The number of rotatable bonds is 15. The summed E-state index contributed by atoms with van der Waals surface area (Å²) in [6, 6.07) is 23.6. The number of halogens is 1. The maximum atomic E-state index is 13.1. The van der Waals surface area contributed by atoms with Gasteiger partial charge in [-0.05, 0) is 147 Å². The Morgan fingerprint density at radius 2 is 1.86 bits per heavy atom. The molecule has 3 aromatic carbocycles. The van der Waals surface area contributed by atoms with Crippen molar-refractivity contribution in [2.45, 2.75) is 88.6 Å². The third kappa shape index (κ3) is 8.53. The summed E-state index contributed by atoms with van der Waals surface area (Å²) in [6.07, 6.45) is 13.8. The first-order valence-corrected chi connectivity index (χ1v) is 20.3. The molecule has 3 aliphatic carbocycles. The molecule has 10 heteroatoms. The zero-order valence-corrected chi connectivity index (χ0v) is 33.2. The zero-order valence-electron chi connectivity index (χ0n) is 32.4. The minimum Gasteiger partial charge on any atom is -0.496 e. The fourth-order valence-electron chi connectivity index (χ4n) is 9.26. The highest BCUT2D eigenvalue weighted by molar-refractivity contribution is 6.30. The summed E-state index contributed by atoms with van der Waals surface area (Å²) >= 11 is 6.31. The van der Waals surface area contributed by atoms with Gasteiger partial charge in [0.05, 0.1) is 26.0 Å². The van der Waals surface area contributed by atoms with Crippen molar-refractivity contribution in [2.75, 3.05) is 25.6 Å². The molecule has 0 aliphatic heterocycles. The van der Waals surface area contributed by atoms with Gasteiger partial charge in [-0.3, -0.25) is 9.98 Å². The van der Waals surface area contributed by atoms with E-state index in [2.05, 4.69) is 29.4 Å². The standard InChI is InChI=1S/C46H53ClN4O5/c1-31(29-56-43-17-23-49-41-12-5-4-11-39(41)43)24-34-25-32-14-15-38(55-30-37(16-22-48)50-28-33-8-3-6-13-42(33)54-2)27-40(32)45(34)18-20-46(21-19-45,44(52)53)51-36-10-7-9-35(47)26-36/h3,6-10,13-17,22-23,26-27,31,34,51H,4-5,11-12,18-21,24-25,28-30,48H2,1-2H3,(H,52,53)/b22-16-,50-37?/t31-,34?,45?,46?/m1/s1. The highest BCUT2D eigenvalue weighted by atomic mass is 35.5. The summed E-state index contributed by atoms with van der Waals surface area (Å²) < 4.78 is 18.5. The third-order valence-electron chi connectivity index (χ3n) is 12.2. The molecule has 7 rings (SSSR count). The summed E-state index contributed by atoms with van der Waals surface area (Å²) in [5.41, 5.74) is 11.9. The number of fused-ring (bicyclic) bond motifs is 3. The number of nitrogens with one attached hydrogen (secondary N) is 1. The first-order chi connectivity index (χ1) is 27.2. The fraction of sp³-hybridized carbons (Fsp3) is 0.413. The predicted molar refractivity (Wildman–Crippen MR) is 222 cm³/mol. The van der Waals surface area contributed by atoms with Crippen LogP contribution in [-0.4, -0.2) is 47.6 Å². The minimum absolute atomic E-state index is 0.217. The topological polar surface area (TPSA) is 128 Å². The molecular weight excluding hydrogens is 724 g/mol. The molecule has 1 fully saturated rings. The van der Waals surface area contributed by atoms with E-state index in [1.807, 2.05) is 54.7 Å². The number of hydrogen-bond donors (Lipinski definition) is 3. The second-order valence-corrected chi connectivity index (χ2v) is 16.2. The number of methoxy groups -OCH3 is 1. The Labute approximate surface area is 335 Å². The number of hydrogen-bond acceptors (Lipinski definition) is 8. The number of anilines is 1. The number of benzene rings is 3. The monoisotopic (exact) mass is 776 g/mol. The van der Waals surface area contributed by atoms with E-state index in [-0.39, 0.29) is 17.9 Å². The molecule has 3 aliphatic rings. The number of ether oxygens (including phenoxy) is 3. The Morgan fingerprint density at radius 3 is 2.64 bits per heavy atom. The van der Waals surface area contributed by atoms with Crippen LogP contribution < -0.4 is 25.3 Å². The van der Waals surface area contributed by atoms with Gasteiger partial charge < -0.3 is 30.4 Å². The molecule has 1 saturated carbocycles. The van der Waals surface area contributed by atoms with Crippen molar-refractivity contribution in [1.82, 2.24) is 4.98 Å². The lowest BCUT2D eigenvalue weighted by Crippen LogP contribution is -2.53. The molecule has 0 amide bonds. The summed E-state index contributed by atoms with van der Waals surface area (Å²) in [6.45, 7) is 3.58. The zero-order chi connectivity index (χ0) is 39.1. The summed E-state index contributed by atoms with van der Waals surface area (Å²) in [5, 5.41) is 14.7. The molecule has 0 bridgehead atoms. The van der Waals surface area contributed by atoms with E-state index in [4.69, 9.17) is 36.5 Å². The molecule has 1 unspecified atom stereocenters. The number of aryl methyl sites for hydroxylation is 1. The molecule has 2 atom stereocenters. The maximum Gasteiger partial charge on any atom is 0.329 e. The second-order valence-electron chi connectivity index (χ2n) is 15.8. The molecule has 4 aromatic rings. The Kier molecular flexibility index (Phi) is 12.2. The van der Waals surface area contributed by atoms with E-state index < -0.39 is 11.5 Å². The second kappa shape index (κ2) is 17.4. The number of aromatic nitrogens is 1. The van der Waals surface area contributed by atoms with Gasteiger partial charge in [0.2, 0.25) is 0 Å². The van der Waals surface area contributed by atoms with Gasteiger partial charge in [-0.2, -0.15) is 0 Å². The minimum atomic E-state index is -1.10. The molecule has 0 saturated heterocycles. The number of nitrogens with two attached hydrogens (primary N) is 1. The van der Waals surface area contributed by atoms with Crippen LogP contribution in [0.15, 0.2) is 96.3 Å². The van der Waals surface area contributed by atoms with Crippen molar-refractivity contribution < 1.29 is 24.1 Å². The van der Waals surface area contributed by atoms with Crippen LogP contribution in [0.3, 0.4) is 0 Å². The molecule has 1 aromatic heterocycles. The Morgan fingerprint density at radius 1 is 1.04 bits per heavy atom. The van der Waals surface area contributed by atoms with Crippen LogP contribution in [0.25, 0.3) is 0 Å². The fourth-order valence-corrected chi connectivity index (χ4v) is 9.45. The van der Waals surface area contributed by atoms with Crippen molar-refractivity contribution in [1.29, 1.82) is 0 Å². The number of pyridine rings is 1. The summed E-state index contributed by atoms with van der Waals surface area (Å²) in [7, 11) is 1.66.